The molecule has 1 aliphatic carbocycles. The monoisotopic (exact) mass is 240 g/mol. The molecule has 98 valence electrons. The van der Waals surface area contributed by atoms with Crippen LogP contribution in [0.1, 0.15) is 44.9 Å². The lowest BCUT2D eigenvalue weighted by Crippen LogP contribution is -2.32. The van der Waals surface area contributed by atoms with Crippen LogP contribution in [-0.4, -0.2) is 31.7 Å². The van der Waals surface area contributed by atoms with Gasteiger partial charge >= 0.3 is 0 Å². The van der Waals surface area contributed by atoms with E-state index in [1.807, 2.05) is 0 Å². The molecule has 0 aromatic carbocycles. The second-order valence-electron chi connectivity index (χ2n) is 5.06. The first-order chi connectivity index (χ1) is 8.35. The van der Waals surface area contributed by atoms with Crippen LogP contribution < -0.4 is 0 Å². The SMILES string of the molecule is C=CCOCC1COC2(CCCCCCC2)O1. The maximum absolute atomic E-state index is 6.09. The fourth-order valence-corrected chi connectivity index (χ4v) is 2.69. The van der Waals surface area contributed by atoms with Gasteiger partial charge < -0.3 is 14.2 Å². The number of hydrogen-bond acceptors (Lipinski definition) is 3. The summed E-state index contributed by atoms with van der Waals surface area (Å²) in [7, 11) is 0. The van der Waals surface area contributed by atoms with Crippen LogP contribution in [0.5, 0.6) is 0 Å². The van der Waals surface area contributed by atoms with Gasteiger partial charge in [-0.05, 0) is 12.8 Å². The standard InChI is InChI=1S/C14H24O3/c1-2-10-15-11-13-12-16-14(17-13)8-6-4-3-5-7-9-14/h2,13H,1,3-12H2. The van der Waals surface area contributed by atoms with Crippen molar-refractivity contribution in [2.75, 3.05) is 19.8 Å². The van der Waals surface area contributed by atoms with Crippen LogP contribution in [0.15, 0.2) is 12.7 Å². The molecule has 1 saturated heterocycles. The smallest absolute Gasteiger partial charge is 0.169 e. The zero-order valence-corrected chi connectivity index (χ0v) is 10.7. The Labute approximate surface area is 104 Å². The lowest BCUT2D eigenvalue weighted by Gasteiger charge is -2.29. The zero-order chi connectivity index (χ0) is 12.0. The van der Waals surface area contributed by atoms with Crippen LogP contribution in [0.3, 0.4) is 0 Å². The third kappa shape index (κ3) is 3.80. The Hall–Kier alpha value is -0.380. The van der Waals surface area contributed by atoms with Gasteiger partial charge in [-0.2, -0.15) is 0 Å². The first-order valence-corrected chi connectivity index (χ1v) is 6.85. The fraction of sp³-hybridized carbons (Fsp3) is 0.857. The van der Waals surface area contributed by atoms with E-state index in [4.69, 9.17) is 14.2 Å². The molecule has 2 rings (SSSR count). The van der Waals surface area contributed by atoms with Crippen molar-refractivity contribution in [2.45, 2.75) is 56.8 Å². The maximum Gasteiger partial charge on any atom is 0.169 e. The summed E-state index contributed by atoms with van der Waals surface area (Å²) in [6, 6.07) is 0. The van der Waals surface area contributed by atoms with E-state index in [0.29, 0.717) is 19.8 Å². The summed E-state index contributed by atoms with van der Waals surface area (Å²) in [6.45, 7) is 5.52. The Morgan fingerprint density at radius 1 is 1.18 bits per heavy atom. The van der Waals surface area contributed by atoms with Crippen LogP contribution in [0.4, 0.5) is 0 Å². The van der Waals surface area contributed by atoms with E-state index >= 15 is 0 Å². The van der Waals surface area contributed by atoms with Crippen molar-refractivity contribution in [3.05, 3.63) is 12.7 Å². The molecule has 0 N–H and O–H groups in total. The highest BCUT2D eigenvalue weighted by molar-refractivity contribution is 4.81. The second kappa shape index (κ2) is 6.53. The summed E-state index contributed by atoms with van der Waals surface area (Å²) in [5.41, 5.74) is 0. The average Bonchev–Trinajstić information content (AvgIpc) is 2.69. The number of hydrogen-bond donors (Lipinski definition) is 0. The van der Waals surface area contributed by atoms with Crippen LogP contribution in [0.25, 0.3) is 0 Å². The molecule has 0 radical (unpaired) electrons. The molecule has 1 heterocycles. The van der Waals surface area contributed by atoms with Crippen molar-refractivity contribution in [2.24, 2.45) is 0 Å². The minimum atomic E-state index is -0.289. The van der Waals surface area contributed by atoms with Gasteiger partial charge in [-0.3, -0.25) is 0 Å². The van der Waals surface area contributed by atoms with Gasteiger partial charge in [-0.25, -0.2) is 0 Å². The minimum Gasteiger partial charge on any atom is -0.375 e. The van der Waals surface area contributed by atoms with E-state index in [-0.39, 0.29) is 11.9 Å². The Morgan fingerprint density at radius 2 is 1.88 bits per heavy atom. The molecule has 3 heteroatoms. The first-order valence-electron chi connectivity index (χ1n) is 6.85. The molecule has 1 spiro atoms. The van der Waals surface area contributed by atoms with Gasteiger partial charge in [0.25, 0.3) is 0 Å². The Kier molecular flexibility index (Phi) is 5.01. The quantitative estimate of drug-likeness (QED) is 0.558. The second-order valence-corrected chi connectivity index (χ2v) is 5.06. The lowest BCUT2D eigenvalue weighted by molar-refractivity contribution is -0.185. The third-order valence-electron chi connectivity index (χ3n) is 3.57. The molecule has 1 unspecified atom stereocenters. The molecular formula is C14H24O3. The Bertz CT molecular complexity index is 232. The van der Waals surface area contributed by atoms with E-state index in [9.17, 15) is 0 Å². The van der Waals surface area contributed by atoms with Gasteiger partial charge in [-0.15, -0.1) is 6.58 Å². The van der Waals surface area contributed by atoms with E-state index in [0.717, 1.165) is 12.8 Å². The topological polar surface area (TPSA) is 27.7 Å². The van der Waals surface area contributed by atoms with Crippen molar-refractivity contribution in [1.82, 2.24) is 0 Å². The normalized spacial score (nSPS) is 28.8. The van der Waals surface area contributed by atoms with E-state index < -0.39 is 0 Å². The highest BCUT2D eigenvalue weighted by Crippen LogP contribution is 2.36. The molecule has 3 nitrogen and oxygen atoms in total. The lowest BCUT2D eigenvalue weighted by atomic mass is 9.96. The largest absolute Gasteiger partial charge is 0.375 e. The summed E-state index contributed by atoms with van der Waals surface area (Å²) in [4.78, 5) is 0. The fourth-order valence-electron chi connectivity index (χ4n) is 2.69. The summed E-state index contributed by atoms with van der Waals surface area (Å²) < 4.78 is 17.5. The van der Waals surface area contributed by atoms with Crippen molar-refractivity contribution >= 4 is 0 Å². The summed E-state index contributed by atoms with van der Waals surface area (Å²) in [5, 5.41) is 0. The number of rotatable bonds is 4. The molecular weight excluding hydrogens is 216 g/mol. The van der Waals surface area contributed by atoms with Crippen LogP contribution in [0.2, 0.25) is 0 Å². The average molecular weight is 240 g/mol. The van der Waals surface area contributed by atoms with Gasteiger partial charge in [0.1, 0.15) is 6.10 Å². The molecule has 2 fully saturated rings. The van der Waals surface area contributed by atoms with Crippen LogP contribution in [-0.2, 0) is 14.2 Å². The molecule has 0 aromatic heterocycles. The molecule has 1 saturated carbocycles. The number of ether oxygens (including phenoxy) is 3. The van der Waals surface area contributed by atoms with Gasteiger partial charge in [0.15, 0.2) is 5.79 Å². The molecule has 17 heavy (non-hydrogen) atoms. The maximum atomic E-state index is 6.09. The predicted octanol–water partition coefficient (Wildman–Crippen LogP) is 3.05. The summed E-state index contributed by atoms with van der Waals surface area (Å²) in [5.74, 6) is -0.289. The minimum absolute atomic E-state index is 0.106. The molecule has 2 aliphatic rings. The first kappa shape index (κ1) is 13.1. The van der Waals surface area contributed by atoms with Crippen LogP contribution >= 0.6 is 0 Å². The highest BCUT2D eigenvalue weighted by atomic mass is 16.7. The van der Waals surface area contributed by atoms with Crippen molar-refractivity contribution < 1.29 is 14.2 Å². The highest BCUT2D eigenvalue weighted by Gasteiger charge is 2.40. The van der Waals surface area contributed by atoms with Crippen LogP contribution in [0, 0.1) is 0 Å². The molecule has 0 amide bonds. The van der Waals surface area contributed by atoms with Gasteiger partial charge in [0.05, 0.1) is 19.8 Å². The Morgan fingerprint density at radius 3 is 2.59 bits per heavy atom. The van der Waals surface area contributed by atoms with Crippen molar-refractivity contribution in [3.8, 4) is 0 Å². The molecule has 1 aliphatic heterocycles. The summed E-state index contributed by atoms with van der Waals surface area (Å²) in [6.07, 6.45) is 10.4. The molecule has 1 atom stereocenters. The van der Waals surface area contributed by atoms with Crippen molar-refractivity contribution in [1.29, 1.82) is 0 Å². The van der Waals surface area contributed by atoms with Gasteiger partial charge in [0, 0.05) is 12.8 Å². The predicted molar refractivity (Wildman–Crippen MR) is 66.9 cm³/mol. The molecule has 0 aromatic rings. The van der Waals surface area contributed by atoms with E-state index in [1.54, 1.807) is 6.08 Å². The van der Waals surface area contributed by atoms with Gasteiger partial charge in [-0.1, -0.05) is 25.3 Å². The Balaban J connectivity index is 1.78. The summed E-state index contributed by atoms with van der Waals surface area (Å²) >= 11 is 0. The van der Waals surface area contributed by atoms with Gasteiger partial charge in [0.2, 0.25) is 0 Å². The van der Waals surface area contributed by atoms with Crippen molar-refractivity contribution in [3.63, 3.8) is 0 Å². The van der Waals surface area contributed by atoms with E-state index in [2.05, 4.69) is 6.58 Å². The molecule has 0 bridgehead atoms. The van der Waals surface area contributed by atoms with E-state index in [1.165, 1.54) is 32.1 Å². The third-order valence-corrected chi connectivity index (χ3v) is 3.57. The zero-order valence-electron chi connectivity index (χ0n) is 10.7.